The Hall–Kier alpha value is -3.97. The number of rotatable bonds is 20. The average molecular weight is 1300 g/mol. The molecule has 4 aromatic rings. The van der Waals surface area contributed by atoms with Crippen LogP contribution >= 0.6 is 20.2 Å². The molecule has 10 rings (SSSR count). The Morgan fingerprint density at radius 1 is 0.631 bits per heavy atom. The second-order valence-corrected chi connectivity index (χ2v) is 29.9. The van der Waals surface area contributed by atoms with Crippen LogP contribution in [0, 0.1) is 33.6 Å². The fraction of sp³-hybridized carbons (Fsp3) is 0.652. The lowest BCUT2D eigenvalue weighted by molar-refractivity contribution is -0.218. The number of nitrogen functional groups attached to an aromatic ring is 3. The second kappa shape index (κ2) is 23.2. The Bertz CT molecular complexity index is 3710. The molecule has 6 aliphatic rings. The normalized spacial score (nSPS) is 35.6. The fourth-order valence-corrected chi connectivity index (χ4v) is 15.6. The summed E-state index contributed by atoms with van der Waals surface area (Å²) in [6, 6.07) is 0. The Morgan fingerprint density at radius 2 is 1.06 bits per heavy atom. The van der Waals surface area contributed by atoms with Gasteiger partial charge in [-0.3, -0.25) is 37.1 Å². The standard InChI is InChI=1S/C46H64N11O21P3S3/c1-9-25-26(10-28(72-25)54-14-21(5)37(59)53-44(54)63)76-80(65,83)68-16-45-23(7)71-31(40(74-45)57-13-20(4)36(49)52-43(57)62)33(45)78-81(66,84)69-17-46-24(8)70-30(39(75-46)56-12-19(3)35(48)51-42(56)61)32(46)77-79(64,82)67-15-27-29(58)22(6)38(73-27)55-11-18(2)34(47)50-41(55)60/h11-14,22-33,38-40,58H,9-10,15-17H2,1-8H3,(H,64,82)(H,65,83)(H,66,84)(H2,47,50,60)(H2,48,51,61)(H2,49,52,62)(H,53,59,63)/t22-,23-,24-,25+,26?,27+,28+,29?,30-,31-,32?,33?,38+,39+,40+,45-,46-,79?,80?,81?/m0/s1. The molecule has 0 aliphatic carbocycles. The first-order valence-corrected chi connectivity index (χ1v) is 34.1. The van der Waals surface area contributed by atoms with Crippen LogP contribution in [0.15, 0.2) is 48.8 Å². The number of fused-ring (bicyclic) bond motifs is 4. The van der Waals surface area contributed by atoms with Crippen molar-refractivity contribution in [2.45, 2.75) is 165 Å². The van der Waals surface area contributed by atoms with Crippen LogP contribution in [-0.4, -0.2) is 150 Å². The van der Waals surface area contributed by atoms with Gasteiger partial charge in [-0.1, -0.05) is 13.8 Å². The van der Waals surface area contributed by atoms with Crippen LogP contribution in [-0.2, 0) is 91.0 Å². The molecule has 38 heteroatoms. The number of aromatic nitrogens is 8. The third-order valence-corrected chi connectivity index (χ3v) is 20.7. The summed E-state index contributed by atoms with van der Waals surface area (Å²) in [4.78, 5) is 115. The zero-order chi connectivity index (χ0) is 61.1. The van der Waals surface area contributed by atoms with Gasteiger partial charge in [0.25, 0.3) is 5.56 Å². The summed E-state index contributed by atoms with van der Waals surface area (Å²) in [5, 5.41) is 11.3. The molecule has 0 amide bonds. The van der Waals surface area contributed by atoms with Crippen LogP contribution in [0.25, 0.3) is 0 Å². The van der Waals surface area contributed by atoms with E-state index in [4.69, 9.17) is 108 Å². The quantitative estimate of drug-likeness (QED) is 0.0533. The van der Waals surface area contributed by atoms with E-state index < -0.39 is 171 Å². The molecule has 20 atom stereocenters. The maximum atomic E-state index is 13.5. The van der Waals surface area contributed by atoms with Crippen LogP contribution in [0.1, 0.15) is 87.7 Å². The van der Waals surface area contributed by atoms with E-state index in [1.54, 1.807) is 48.5 Å². The minimum atomic E-state index is -4.69. The largest absolute Gasteiger partial charge is 0.390 e. The van der Waals surface area contributed by atoms with E-state index in [2.05, 4.69) is 19.9 Å². The highest BCUT2D eigenvalue weighted by molar-refractivity contribution is 8.07. The van der Waals surface area contributed by atoms with Gasteiger partial charge in [-0.2, -0.15) is 15.0 Å². The van der Waals surface area contributed by atoms with Gasteiger partial charge in [0.1, 0.15) is 71.6 Å². The molecule has 0 saturated carbocycles. The highest BCUT2D eigenvalue weighted by Crippen LogP contribution is 2.62. The highest BCUT2D eigenvalue weighted by atomic mass is 32.5. The second-order valence-electron chi connectivity index (χ2n) is 21.5. The molecule has 4 bridgehead atoms. The number of aliphatic hydroxyl groups excluding tert-OH is 1. The molecule has 84 heavy (non-hydrogen) atoms. The first-order chi connectivity index (χ1) is 39.3. The summed E-state index contributed by atoms with van der Waals surface area (Å²) < 4.78 is 79.5. The van der Waals surface area contributed by atoms with Gasteiger partial charge >= 0.3 is 42.9 Å². The van der Waals surface area contributed by atoms with Crippen molar-refractivity contribution in [2.24, 2.45) is 5.92 Å². The van der Waals surface area contributed by atoms with E-state index in [9.17, 15) is 43.8 Å². The van der Waals surface area contributed by atoms with E-state index >= 15 is 0 Å². The molecule has 6 aliphatic heterocycles. The average Bonchev–Trinajstić information content (AvgIpc) is 1.75. The number of hydrogen-bond acceptors (Lipinski definition) is 27. The molecular weight excluding hydrogens is 1230 g/mol. The number of anilines is 3. The van der Waals surface area contributed by atoms with Crippen LogP contribution in [0.3, 0.4) is 0 Å². The van der Waals surface area contributed by atoms with Gasteiger partial charge in [0.2, 0.25) is 0 Å². The van der Waals surface area contributed by atoms with Gasteiger partial charge < -0.3 is 83.5 Å². The van der Waals surface area contributed by atoms with Crippen molar-refractivity contribution in [3.8, 4) is 0 Å². The third-order valence-electron chi connectivity index (χ3n) is 16.0. The summed E-state index contributed by atoms with van der Waals surface area (Å²) in [5.74, 6) is -0.800. The van der Waals surface area contributed by atoms with Crippen LogP contribution in [0.2, 0.25) is 0 Å². The van der Waals surface area contributed by atoms with Gasteiger partial charge in [-0.15, -0.1) is 0 Å². The van der Waals surface area contributed by atoms with Crippen molar-refractivity contribution in [2.75, 3.05) is 37.0 Å². The van der Waals surface area contributed by atoms with Crippen molar-refractivity contribution in [1.82, 2.24) is 38.2 Å². The van der Waals surface area contributed by atoms with Crippen LogP contribution in [0.5, 0.6) is 0 Å². The lowest BCUT2D eigenvalue weighted by Gasteiger charge is -2.38. The maximum Gasteiger partial charge on any atom is 0.351 e. The maximum absolute atomic E-state index is 13.5. The van der Waals surface area contributed by atoms with Gasteiger partial charge in [0.15, 0.2) is 12.5 Å². The molecule has 462 valence electrons. The number of aliphatic hydroxyl groups is 1. The number of nitrogens with zero attached hydrogens (tertiary/aromatic N) is 7. The summed E-state index contributed by atoms with van der Waals surface area (Å²) in [5.41, 5.74) is 11.7. The lowest BCUT2D eigenvalue weighted by atomic mass is 9.94. The molecule has 6 fully saturated rings. The molecule has 7 unspecified atom stereocenters. The fourth-order valence-electron chi connectivity index (χ4n) is 11.3. The van der Waals surface area contributed by atoms with E-state index in [0.29, 0.717) is 23.1 Å². The molecule has 11 N–H and O–H groups in total. The predicted octanol–water partition coefficient (Wildman–Crippen LogP) is -0.155. The molecule has 4 aromatic heterocycles. The summed E-state index contributed by atoms with van der Waals surface area (Å²) in [6.45, 7) is -2.62. The van der Waals surface area contributed by atoms with E-state index in [-0.39, 0.29) is 29.4 Å². The van der Waals surface area contributed by atoms with E-state index in [1.165, 1.54) is 40.8 Å². The molecule has 6 saturated heterocycles. The topological polar surface area (TPSA) is 429 Å². The number of aromatic amines is 1. The van der Waals surface area contributed by atoms with Crippen molar-refractivity contribution in [1.29, 1.82) is 0 Å². The van der Waals surface area contributed by atoms with Crippen molar-refractivity contribution in [3.05, 3.63) is 99.3 Å². The van der Waals surface area contributed by atoms with Crippen molar-refractivity contribution >= 4 is 73.0 Å². The van der Waals surface area contributed by atoms with Crippen LogP contribution in [0.4, 0.5) is 17.5 Å². The number of aryl methyl sites for hydroxylation is 4. The van der Waals surface area contributed by atoms with Crippen molar-refractivity contribution in [3.63, 3.8) is 0 Å². The van der Waals surface area contributed by atoms with Crippen molar-refractivity contribution < 1.29 is 75.4 Å². The first kappa shape index (κ1) is 63.1. The SMILES string of the molecule is CC[C@H]1O[C@@H](n2cc(C)c(=O)[nH]c2=O)CC1OP(O)(=S)OC[C@]12O[C@@H](n3cc(C)c(N)nc3=O)[C@@H](O[C@H]1C)C2OP(O)(=S)OC[C@]12O[C@@H](n3cc(C)c(N)nc3=O)[C@@H](O[C@H]1C)C2OP(O)(=S)OC[C@H]1O[C@@H](n2cc(C)c(N)nc2=O)[C@@H](C)C1O. The third kappa shape index (κ3) is 11.7. The minimum Gasteiger partial charge on any atom is -0.390 e. The zero-order valence-corrected chi connectivity index (χ0v) is 51.3. The van der Waals surface area contributed by atoms with Gasteiger partial charge in [-0.05, 0) is 83.4 Å². The lowest BCUT2D eigenvalue weighted by Crippen LogP contribution is -2.51. The summed E-state index contributed by atoms with van der Waals surface area (Å²) in [7, 11) is 0. The molecule has 0 radical (unpaired) electrons. The van der Waals surface area contributed by atoms with Crippen LogP contribution < -0.4 is 45.5 Å². The van der Waals surface area contributed by atoms with Gasteiger partial charge in [0.05, 0.1) is 50.3 Å². The molecule has 32 nitrogen and oxygen atoms in total. The van der Waals surface area contributed by atoms with E-state index in [1.807, 2.05) is 0 Å². The molecular formula is C46H64N11O21P3S3. The number of nitrogens with two attached hydrogens (primary N) is 3. The number of nitrogens with one attached hydrogen (secondary N) is 1. The Labute approximate surface area is 492 Å². The Morgan fingerprint density at radius 3 is 1.52 bits per heavy atom. The van der Waals surface area contributed by atoms with E-state index in [0.717, 1.165) is 9.13 Å². The first-order valence-electron chi connectivity index (χ1n) is 26.3. The minimum absolute atomic E-state index is 0.00405. The molecule has 0 aromatic carbocycles. The Kier molecular flexibility index (Phi) is 17.4. The molecule has 10 heterocycles. The summed E-state index contributed by atoms with van der Waals surface area (Å²) >= 11 is 16.9. The van der Waals surface area contributed by atoms with Gasteiger partial charge in [-0.25, -0.2) is 19.2 Å². The predicted molar refractivity (Wildman–Crippen MR) is 303 cm³/mol. The smallest absolute Gasteiger partial charge is 0.351 e. The number of ether oxygens (including phenoxy) is 6. The summed E-state index contributed by atoms with van der Waals surface area (Å²) in [6.07, 6.45) is -10.5. The number of H-pyrrole nitrogens is 1. The Balaban J connectivity index is 0.906. The highest BCUT2D eigenvalue weighted by Gasteiger charge is 2.71. The molecule has 0 spiro atoms. The monoisotopic (exact) mass is 1300 g/mol. The zero-order valence-electron chi connectivity index (χ0n) is 46.2. The number of hydrogen-bond donors (Lipinski definition) is 8. The van der Waals surface area contributed by atoms with Gasteiger partial charge in [0, 0.05) is 59.4 Å².